The molecule has 43 heavy (non-hydrogen) atoms. The molecule has 11 aromatic rings. The van der Waals surface area contributed by atoms with Crippen LogP contribution in [0.15, 0.2) is 120 Å². The van der Waals surface area contributed by atoms with Gasteiger partial charge in [0.15, 0.2) is 5.65 Å². The molecule has 0 saturated carbocycles. The van der Waals surface area contributed by atoms with Gasteiger partial charge in [-0.05, 0) is 59.7 Å². The Morgan fingerprint density at radius 1 is 0.512 bits per heavy atom. The van der Waals surface area contributed by atoms with Crippen molar-refractivity contribution < 1.29 is 4.42 Å². The summed E-state index contributed by atoms with van der Waals surface area (Å²) in [5.74, 6) is 0. The second-order valence-corrected chi connectivity index (χ2v) is 12.4. The molecule has 0 aliphatic heterocycles. The van der Waals surface area contributed by atoms with E-state index in [9.17, 15) is 0 Å². The van der Waals surface area contributed by atoms with Crippen molar-refractivity contribution in [2.45, 2.75) is 0 Å². The number of nitrogens with zero attached hydrogens (tertiary/aromatic N) is 3. The van der Waals surface area contributed by atoms with Gasteiger partial charge in [-0.3, -0.25) is 4.40 Å². The molecule has 198 valence electrons. The van der Waals surface area contributed by atoms with Crippen molar-refractivity contribution in [3.05, 3.63) is 115 Å². The molecular weight excluding hydrogens is 547 g/mol. The van der Waals surface area contributed by atoms with E-state index in [1.54, 1.807) is 0 Å². The highest BCUT2D eigenvalue weighted by Crippen LogP contribution is 2.46. The van der Waals surface area contributed by atoms with Gasteiger partial charge in [-0.2, -0.15) is 0 Å². The summed E-state index contributed by atoms with van der Waals surface area (Å²) in [7, 11) is 0. The molecular formula is C38H19N3OS. The number of fused-ring (bicyclic) bond motifs is 14. The number of furan rings is 1. The highest BCUT2D eigenvalue weighted by Gasteiger charge is 2.24. The number of aromatic nitrogens is 3. The maximum atomic E-state index is 6.14. The maximum absolute atomic E-state index is 6.14. The van der Waals surface area contributed by atoms with Gasteiger partial charge in [0.1, 0.15) is 16.7 Å². The number of hydrogen-bond donors (Lipinski definition) is 0. The summed E-state index contributed by atoms with van der Waals surface area (Å²) < 4.78 is 11.1. The van der Waals surface area contributed by atoms with E-state index in [0.717, 1.165) is 60.6 Å². The Bertz CT molecular complexity index is 2960. The van der Waals surface area contributed by atoms with E-state index >= 15 is 0 Å². The van der Waals surface area contributed by atoms with E-state index in [1.807, 2.05) is 35.6 Å². The second-order valence-electron chi connectivity index (χ2n) is 11.4. The van der Waals surface area contributed by atoms with Gasteiger partial charge in [0, 0.05) is 42.4 Å². The van der Waals surface area contributed by atoms with Crippen molar-refractivity contribution in [3.63, 3.8) is 0 Å². The van der Waals surface area contributed by atoms with Gasteiger partial charge >= 0.3 is 0 Å². The summed E-state index contributed by atoms with van der Waals surface area (Å²) in [5.41, 5.74) is 10.2. The van der Waals surface area contributed by atoms with Crippen LogP contribution in [0.1, 0.15) is 0 Å². The first-order valence-electron chi connectivity index (χ1n) is 14.4. The van der Waals surface area contributed by atoms with E-state index in [1.165, 1.54) is 42.0 Å². The maximum Gasteiger partial charge on any atom is 0.165 e. The summed E-state index contributed by atoms with van der Waals surface area (Å²) in [6.45, 7) is 0. The molecule has 0 bridgehead atoms. The highest BCUT2D eigenvalue weighted by molar-refractivity contribution is 7.26. The lowest BCUT2D eigenvalue weighted by Crippen LogP contribution is -1.89. The van der Waals surface area contributed by atoms with Crippen molar-refractivity contribution in [1.29, 1.82) is 0 Å². The zero-order valence-corrected chi connectivity index (χ0v) is 23.4. The molecule has 6 aromatic carbocycles. The Labute approximate surface area is 247 Å². The zero-order valence-electron chi connectivity index (χ0n) is 22.6. The van der Waals surface area contributed by atoms with E-state index in [-0.39, 0.29) is 0 Å². The molecule has 0 aliphatic rings. The summed E-state index contributed by atoms with van der Waals surface area (Å²) >= 11 is 1.86. The standard InChI is InChI=1S/C38H19N3OS/c1-5-11-31-22(7-1)26-17-20(13-16-32(26)42-31)21-18-27-24-14-15-25-23-8-2-6-12-33(23)43-37(25)36(24)41-35(27)28(19-21)34-38(41)40-30-10-4-3-9-29(30)39-34/h1-19H. The lowest BCUT2D eigenvalue weighted by Gasteiger charge is -2.05. The molecule has 5 heteroatoms. The Morgan fingerprint density at radius 2 is 1.23 bits per heavy atom. The van der Waals surface area contributed by atoms with Crippen LogP contribution in [0.5, 0.6) is 0 Å². The Balaban J connectivity index is 1.33. The molecule has 0 atom stereocenters. The molecule has 0 spiro atoms. The van der Waals surface area contributed by atoms with Crippen LogP contribution in [0, 0.1) is 0 Å². The van der Waals surface area contributed by atoms with Gasteiger partial charge in [0.25, 0.3) is 0 Å². The number of hydrogen-bond acceptors (Lipinski definition) is 4. The minimum Gasteiger partial charge on any atom is -0.456 e. The van der Waals surface area contributed by atoms with Crippen molar-refractivity contribution in [2.24, 2.45) is 0 Å². The average molecular weight is 566 g/mol. The lowest BCUT2D eigenvalue weighted by molar-refractivity contribution is 0.669. The molecule has 0 saturated heterocycles. The van der Waals surface area contributed by atoms with E-state index in [2.05, 4.69) is 95.4 Å². The third kappa shape index (κ3) is 2.75. The minimum absolute atomic E-state index is 0.905. The van der Waals surface area contributed by atoms with E-state index < -0.39 is 0 Å². The first-order chi connectivity index (χ1) is 21.3. The van der Waals surface area contributed by atoms with Gasteiger partial charge in [0.2, 0.25) is 0 Å². The molecule has 0 aliphatic carbocycles. The van der Waals surface area contributed by atoms with Crippen molar-refractivity contribution in [1.82, 2.24) is 14.4 Å². The summed E-state index contributed by atoms with van der Waals surface area (Å²) in [5, 5.41) is 8.45. The van der Waals surface area contributed by atoms with Crippen LogP contribution in [-0.4, -0.2) is 14.4 Å². The molecule has 0 unspecified atom stereocenters. The Kier molecular flexibility index (Phi) is 3.94. The molecule has 5 aromatic heterocycles. The lowest BCUT2D eigenvalue weighted by atomic mass is 9.98. The van der Waals surface area contributed by atoms with Crippen LogP contribution in [0.3, 0.4) is 0 Å². The van der Waals surface area contributed by atoms with Gasteiger partial charge < -0.3 is 4.42 Å². The Hall–Kier alpha value is -5.52. The van der Waals surface area contributed by atoms with Crippen LogP contribution in [0.4, 0.5) is 0 Å². The largest absolute Gasteiger partial charge is 0.456 e. The summed E-state index contributed by atoms with van der Waals surface area (Å²) in [6.07, 6.45) is 0. The van der Waals surface area contributed by atoms with Crippen LogP contribution < -0.4 is 0 Å². The summed E-state index contributed by atoms with van der Waals surface area (Å²) in [6, 6.07) is 40.9. The zero-order chi connectivity index (χ0) is 27.8. The van der Waals surface area contributed by atoms with Crippen LogP contribution in [0.2, 0.25) is 0 Å². The molecule has 0 N–H and O–H groups in total. The Morgan fingerprint density at radius 3 is 2.16 bits per heavy atom. The monoisotopic (exact) mass is 565 g/mol. The second kappa shape index (κ2) is 7.65. The summed E-state index contributed by atoms with van der Waals surface area (Å²) in [4.78, 5) is 10.5. The highest BCUT2D eigenvalue weighted by atomic mass is 32.1. The topological polar surface area (TPSA) is 43.3 Å². The first kappa shape index (κ1) is 22.1. The fourth-order valence-corrected chi connectivity index (χ4v) is 8.44. The predicted molar refractivity (Wildman–Crippen MR) is 180 cm³/mol. The minimum atomic E-state index is 0.905. The van der Waals surface area contributed by atoms with Gasteiger partial charge in [-0.15, -0.1) is 11.3 Å². The van der Waals surface area contributed by atoms with Crippen molar-refractivity contribution in [2.75, 3.05) is 0 Å². The predicted octanol–water partition coefficient (Wildman–Crippen LogP) is 10.7. The van der Waals surface area contributed by atoms with Gasteiger partial charge in [-0.1, -0.05) is 66.7 Å². The van der Waals surface area contributed by atoms with E-state index in [0.29, 0.717) is 0 Å². The normalized spacial score (nSPS) is 12.7. The molecule has 11 rings (SSSR count). The first-order valence-corrected chi connectivity index (χ1v) is 15.2. The quantitative estimate of drug-likeness (QED) is 0.199. The van der Waals surface area contributed by atoms with Crippen LogP contribution in [0.25, 0.3) is 103 Å². The molecule has 0 amide bonds. The smallest absolute Gasteiger partial charge is 0.165 e. The number of thiophene rings is 1. The average Bonchev–Trinajstić information content (AvgIpc) is 3.79. The van der Waals surface area contributed by atoms with Gasteiger partial charge in [0.05, 0.1) is 26.8 Å². The van der Waals surface area contributed by atoms with Crippen LogP contribution >= 0.6 is 11.3 Å². The number of rotatable bonds is 1. The van der Waals surface area contributed by atoms with Crippen molar-refractivity contribution >= 4 is 103 Å². The van der Waals surface area contributed by atoms with Crippen LogP contribution in [-0.2, 0) is 0 Å². The number of benzene rings is 6. The fourth-order valence-electron chi connectivity index (χ4n) is 7.20. The fraction of sp³-hybridized carbons (Fsp3) is 0. The number of para-hydroxylation sites is 3. The molecule has 0 fully saturated rings. The third-order valence-corrected chi connectivity index (χ3v) is 10.3. The molecule has 4 nitrogen and oxygen atoms in total. The third-order valence-electron chi connectivity index (χ3n) is 9.10. The van der Waals surface area contributed by atoms with E-state index in [4.69, 9.17) is 14.4 Å². The van der Waals surface area contributed by atoms with Gasteiger partial charge in [-0.25, -0.2) is 9.97 Å². The molecule has 0 radical (unpaired) electrons. The van der Waals surface area contributed by atoms with Crippen molar-refractivity contribution in [3.8, 4) is 11.1 Å². The SMILES string of the molecule is c1ccc2nc3c(nc2c1)c1cc(-c2ccc4oc5ccccc5c4c2)cc2c4ccc5c6ccccc6sc5c4n3c21. The molecule has 5 heterocycles.